The molecule has 102 valence electrons. The van der Waals surface area contributed by atoms with Gasteiger partial charge in [0.2, 0.25) is 0 Å². The number of nitriles is 1. The van der Waals surface area contributed by atoms with Crippen molar-refractivity contribution in [3.05, 3.63) is 0 Å². The van der Waals surface area contributed by atoms with E-state index in [-0.39, 0.29) is 5.41 Å². The molecule has 0 aromatic heterocycles. The molecule has 0 aliphatic carbocycles. The first-order chi connectivity index (χ1) is 8.61. The first kappa shape index (κ1) is 13.8. The fraction of sp³-hybridized carbons (Fsp3) is 0.933. The van der Waals surface area contributed by atoms with Crippen LogP contribution in [0.2, 0.25) is 0 Å². The lowest BCUT2D eigenvalue weighted by molar-refractivity contribution is 0.0726. The smallest absolute Gasteiger partial charge is 0.0683 e. The molecular formula is C15H27N3. The van der Waals surface area contributed by atoms with Gasteiger partial charge in [0.25, 0.3) is 0 Å². The molecule has 18 heavy (non-hydrogen) atoms. The van der Waals surface area contributed by atoms with Crippen LogP contribution in [0.25, 0.3) is 0 Å². The molecule has 3 aliphatic heterocycles. The van der Waals surface area contributed by atoms with Crippen molar-refractivity contribution in [3.8, 4) is 6.07 Å². The van der Waals surface area contributed by atoms with Crippen LogP contribution in [-0.2, 0) is 0 Å². The lowest BCUT2D eigenvalue weighted by atomic mass is 9.84. The highest BCUT2D eigenvalue weighted by Gasteiger charge is 2.33. The summed E-state index contributed by atoms with van der Waals surface area (Å²) in [5, 5.41) is 12.7. The van der Waals surface area contributed by atoms with Gasteiger partial charge < -0.3 is 10.2 Å². The highest BCUT2D eigenvalue weighted by Crippen LogP contribution is 2.27. The minimum absolute atomic E-state index is 0.143. The Hall–Kier alpha value is -0.590. The van der Waals surface area contributed by atoms with Crippen LogP contribution in [0.1, 0.15) is 46.0 Å². The Balaban J connectivity index is 1.58. The maximum atomic E-state index is 8.95. The maximum Gasteiger partial charge on any atom is 0.0683 e. The molecule has 3 aliphatic rings. The third-order valence-corrected chi connectivity index (χ3v) is 4.59. The number of nitrogens with one attached hydrogen (secondary N) is 1. The van der Waals surface area contributed by atoms with Crippen LogP contribution in [0.5, 0.6) is 0 Å². The van der Waals surface area contributed by atoms with Crippen molar-refractivity contribution in [2.45, 2.75) is 52.0 Å². The Labute approximate surface area is 112 Å². The van der Waals surface area contributed by atoms with Gasteiger partial charge in [-0.1, -0.05) is 6.42 Å². The van der Waals surface area contributed by atoms with Gasteiger partial charge in [0.05, 0.1) is 11.5 Å². The van der Waals surface area contributed by atoms with E-state index in [4.69, 9.17) is 5.26 Å². The molecule has 0 aromatic rings. The summed E-state index contributed by atoms with van der Waals surface area (Å²) in [6.45, 7) is 9.09. The SMILES string of the molecule is CC(C)(C#N)CCCCNC1CN2CCC1CC2. The number of hydrogen-bond donors (Lipinski definition) is 1. The summed E-state index contributed by atoms with van der Waals surface area (Å²) in [6.07, 6.45) is 6.16. The van der Waals surface area contributed by atoms with E-state index in [1.807, 2.05) is 13.8 Å². The zero-order valence-corrected chi connectivity index (χ0v) is 11.9. The van der Waals surface area contributed by atoms with Crippen molar-refractivity contribution in [3.63, 3.8) is 0 Å². The number of hydrogen-bond acceptors (Lipinski definition) is 3. The molecule has 1 unspecified atom stereocenters. The first-order valence-electron chi connectivity index (χ1n) is 7.48. The van der Waals surface area contributed by atoms with Crippen molar-refractivity contribution in [2.24, 2.45) is 11.3 Å². The minimum Gasteiger partial charge on any atom is -0.312 e. The van der Waals surface area contributed by atoms with Crippen LogP contribution in [-0.4, -0.2) is 37.1 Å². The fourth-order valence-electron chi connectivity index (χ4n) is 3.23. The molecule has 1 N–H and O–H groups in total. The van der Waals surface area contributed by atoms with Crippen LogP contribution in [0.3, 0.4) is 0 Å². The quantitative estimate of drug-likeness (QED) is 0.735. The highest BCUT2D eigenvalue weighted by atomic mass is 15.2. The average molecular weight is 249 g/mol. The van der Waals surface area contributed by atoms with Gasteiger partial charge in [-0.05, 0) is 65.1 Å². The molecule has 3 heteroatoms. The number of unbranched alkanes of at least 4 members (excludes halogenated alkanes) is 1. The van der Waals surface area contributed by atoms with Gasteiger partial charge in [-0.25, -0.2) is 0 Å². The summed E-state index contributed by atoms with van der Waals surface area (Å²) < 4.78 is 0. The van der Waals surface area contributed by atoms with E-state index in [1.54, 1.807) is 0 Å². The Bertz CT molecular complexity index is 297. The van der Waals surface area contributed by atoms with Gasteiger partial charge in [-0.15, -0.1) is 0 Å². The topological polar surface area (TPSA) is 39.1 Å². The molecule has 0 radical (unpaired) electrons. The van der Waals surface area contributed by atoms with Gasteiger partial charge in [0.15, 0.2) is 0 Å². The molecule has 0 saturated carbocycles. The fourth-order valence-corrected chi connectivity index (χ4v) is 3.23. The van der Waals surface area contributed by atoms with Gasteiger partial charge >= 0.3 is 0 Å². The standard InChI is InChI=1S/C15H27N3/c1-15(2,12-16)7-3-4-8-17-14-11-18-9-5-13(14)6-10-18/h13-14,17H,3-11H2,1-2H3. The van der Waals surface area contributed by atoms with Crippen LogP contribution >= 0.6 is 0 Å². The molecule has 3 rings (SSSR count). The predicted molar refractivity (Wildman–Crippen MR) is 74.2 cm³/mol. The zero-order valence-electron chi connectivity index (χ0n) is 11.9. The molecule has 0 spiro atoms. The first-order valence-corrected chi connectivity index (χ1v) is 7.48. The molecule has 1 atom stereocenters. The summed E-state index contributed by atoms with van der Waals surface area (Å²) in [7, 11) is 0. The van der Waals surface area contributed by atoms with Crippen LogP contribution in [0, 0.1) is 22.7 Å². The monoisotopic (exact) mass is 249 g/mol. The second-order valence-corrected chi connectivity index (χ2v) is 6.65. The third kappa shape index (κ3) is 3.70. The van der Waals surface area contributed by atoms with E-state index in [0.717, 1.165) is 31.3 Å². The molecule has 2 bridgehead atoms. The summed E-state index contributed by atoms with van der Waals surface area (Å²) in [5.74, 6) is 0.922. The second-order valence-electron chi connectivity index (χ2n) is 6.65. The Morgan fingerprint density at radius 1 is 1.28 bits per heavy atom. The van der Waals surface area contributed by atoms with E-state index in [0.29, 0.717) is 0 Å². The number of nitrogens with zero attached hydrogens (tertiary/aromatic N) is 2. The molecule has 0 amide bonds. The maximum absolute atomic E-state index is 8.95. The van der Waals surface area contributed by atoms with Gasteiger partial charge in [0.1, 0.15) is 0 Å². The predicted octanol–water partition coefficient (Wildman–Crippen LogP) is 2.39. The Kier molecular flexibility index (Phi) is 4.64. The highest BCUT2D eigenvalue weighted by molar-refractivity contribution is 4.92. The van der Waals surface area contributed by atoms with Crippen LogP contribution in [0.4, 0.5) is 0 Å². The van der Waals surface area contributed by atoms with Crippen LogP contribution < -0.4 is 5.32 Å². The van der Waals surface area contributed by atoms with E-state index in [1.165, 1.54) is 38.9 Å². The average Bonchev–Trinajstić information content (AvgIpc) is 2.40. The van der Waals surface area contributed by atoms with Gasteiger partial charge in [-0.2, -0.15) is 5.26 Å². The minimum atomic E-state index is -0.143. The van der Waals surface area contributed by atoms with Crippen molar-refractivity contribution in [1.82, 2.24) is 10.2 Å². The molecule has 3 fully saturated rings. The van der Waals surface area contributed by atoms with Crippen molar-refractivity contribution < 1.29 is 0 Å². The number of fused-ring (bicyclic) bond motifs is 3. The van der Waals surface area contributed by atoms with E-state index < -0.39 is 0 Å². The summed E-state index contributed by atoms with van der Waals surface area (Å²) >= 11 is 0. The lowest BCUT2D eigenvalue weighted by Gasteiger charge is -2.45. The molecule has 3 nitrogen and oxygen atoms in total. The van der Waals surface area contributed by atoms with Crippen molar-refractivity contribution in [2.75, 3.05) is 26.2 Å². The van der Waals surface area contributed by atoms with E-state index in [2.05, 4.69) is 16.3 Å². The molecule has 0 aromatic carbocycles. The Morgan fingerprint density at radius 2 is 2.00 bits per heavy atom. The molecular weight excluding hydrogens is 222 g/mol. The number of piperidine rings is 3. The largest absolute Gasteiger partial charge is 0.312 e. The summed E-state index contributed by atoms with van der Waals surface area (Å²) in [6, 6.07) is 3.11. The van der Waals surface area contributed by atoms with E-state index >= 15 is 0 Å². The summed E-state index contributed by atoms with van der Waals surface area (Å²) in [4.78, 5) is 2.59. The van der Waals surface area contributed by atoms with Crippen LogP contribution in [0.15, 0.2) is 0 Å². The molecule has 3 heterocycles. The van der Waals surface area contributed by atoms with Gasteiger partial charge in [-0.3, -0.25) is 0 Å². The van der Waals surface area contributed by atoms with Crippen molar-refractivity contribution in [1.29, 1.82) is 5.26 Å². The second kappa shape index (κ2) is 6.04. The molecule has 3 saturated heterocycles. The normalized spacial score (nSPS) is 31.3. The lowest BCUT2D eigenvalue weighted by Crippen LogP contribution is -2.56. The third-order valence-electron chi connectivity index (χ3n) is 4.59. The van der Waals surface area contributed by atoms with E-state index in [9.17, 15) is 0 Å². The van der Waals surface area contributed by atoms with Crippen molar-refractivity contribution >= 4 is 0 Å². The zero-order chi connectivity index (χ0) is 13.0. The Morgan fingerprint density at radius 3 is 2.56 bits per heavy atom. The number of rotatable bonds is 6. The van der Waals surface area contributed by atoms with Gasteiger partial charge in [0, 0.05) is 12.6 Å². The summed E-state index contributed by atoms with van der Waals surface area (Å²) in [5.41, 5.74) is -0.143.